The fraction of sp³-hybridized carbons (Fsp3) is 0.394. The van der Waals surface area contributed by atoms with E-state index in [0.717, 1.165) is 35.6 Å². The van der Waals surface area contributed by atoms with Crippen LogP contribution in [0.25, 0.3) is 0 Å². The van der Waals surface area contributed by atoms with Crippen molar-refractivity contribution in [3.8, 4) is 5.75 Å². The lowest BCUT2D eigenvalue weighted by Gasteiger charge is -2.34. The van der Waals surface area contributed by atoms with Crippen molar-refractivity contribution in [1.29, 1.82) is 0 Å². The summed E-state index contributed by atoms with van der Waals surface area (Å²) in [4.78, 5) is 29.3. The van der Waals surface area contributed by atoms with Gasteiger partial charge >= 0.3 is 0 Å². The molecule has 11 heteroatoms. The number of aryl methyl sites for hydroxylation is 1. The third kappa shape index (κ3) is 8.25. The highest BCUT2D eigenvalue weighted by atomic mass is 35.5. The zero-order chi connectivity index (χ0) is 31.9. The number of nitrogens with zero attached hydrogens (tertiary/aromatic N) is 2. The molecule has 0 aliphatic heterocycles. The van der Waals surface area contributed by atoms with Crippen molar-refractivity contribution in [2.24, 2.45) is 0 Å². The van der Waals surface area contributed by atoms with Crippen LogP contribution in [-0.4, -0.2) is 50.4 Å². The lowest BCUT2D eigenvalue weighted by atomic mass is 10.1. The topological polar surface area (TPSA) is 96.0 Å². The van der Waals surface area contributed by atoms with E-state index in [2.05, 4.69) is 5.32 Å². The summed E-state index contributed by atoms with van der Waals surface area (Å²) in [6.07, 6.45) is 4.21. The van der Waals surface area contributed by atoms with E-state index < -0.39 is 28.5 Å². The first kappa shape index (κ1) is 33.6. The zero-order valence-corrected chi connectivity index (χ0v) is 27.6. The van der Waals surface area contributed by atoms with Crippen LogP contribution in [0.4, 0.5) is 5.69 Å². The maximum absolute atomic E-state index is 14.3. The number of benzene rings is 3. The SMILES string of the molecule is CCOc1ccc(S(=O)(=O)N(CC(=O)N(Cc2ccc(Cl)c(Cl)c2)[C@@H](CC)C(=O)NC2CCCC2)c2ccc(C)cc2)cc1. The Morgan fingerprint density at radius 3 is 2.20 bits per heavy atom. The first-order chi connectivity index (χ1) is 21.0. The number of hydrogen-bond donors (Lipinski definition) is 1. The fourth-order valence-electron chi connectivity index (χ4n) is 5.36. The number of hydrogen-bond acceptors (Lipinski definition) is 5. The zero-order valence-electron chi connectivity index (χ0n) is 25.3. The standard InChI is InChI=1S/C33H39Cl2N3O5S/c1-4-31(33(40)36-25-8-6-7-9-25)37(21-24-12-19-29(34)30(35)20-24)32(39)22-38(26-13-10-23(3)11-14-26)44(41,42)28-17-15-27(16-18-28)43-5-2/h10-20,25,31H,4-9,21-22H2,1-3H3,(H,36,40)/t31-/m0/s1. The Labute approximate surface area is 270 Å². The van der Waals surface area contributed by atoms with Gasteiger partial charge in [-0.15, -0.1) is 0 Å². The van der Waals surface area contributed by atoms with Crippen molar-refractivity contribution >= 4 is 50.7 Å². The molecule has 1 fully saturated rings. The van der Waals surface area contributed by atoms with Crippen molar-refractivity contribution in [1.82, 2.24) is 10.2 Å². The van der Waals surface area contributed by atoms with Crippen molar-refractivity contribution in [3.63, 3.8) is 0 Å². The predicted octanol–water partition coefficient (Wildman–Crippen LogP) is 6.76. The summed E-state index contributed by atoms with van der Waals surface area (Å²) in [5, 5.41) is 3.80. The second-order valence-corrected chi connectivity index (χ2v) is 13.6. The molecule has 44 heavy (non-hydrogen) atoms. The van der Waals surface area contributed by atoms with E-state index in [1.165, 1.54) is 17.0 Å². The average molecular weight is 661 g/mol. The molecular weight excluding hydrogens is 621 g/mol. The highest BCUT2D eigenvalue weighted by molar-refractivity contribution is 7.92. The van der Waals surface area contributed by atoms with Gasteiger partial charge in [0, 0.05) is 12.6 Å². The van der Waals surface area contributed by atoms with Crippen LogP contribution in [0, 0.1) is 6.92 Å². The number of sulfonamides is 1. The predicted molar refractivity (Wildman–Crippen MR) is 175 cm³/mol. The van der Waals surface area contributed by atoms with Gasteiger partial charge in [0.2, 0.25) is 11.8 Å². The molecule has 0 heterocycles. The van der Waals surface area contributed by atoms with E-state index in [0.29, 0.717) is 40.1 Å². The molecular formula is C33H39Cl2N3O5S. The molecule has 1 aliphatic carbocycles. The molecule has 0 saturated heterocycles. The number of nitrogens with one attached hydrogen (secondary N) is 1. The Morgan fingerprint density at radius 2 is 1.61 bits per heavy atom. The molecule has 2 amide bonds. The van der Waals surface area contributed by atoms with Crippen molar-refractivity contribution < 1.29 is 22.7 Å². The quantitative estimate of drug-likeness (QED) is 0.219. The molecule has 0 spiro atoms. The van der Waals surface area contributed by atoms with Gasteiger partial charge in [0.15, 0.2) is 0 Å². The van der Waals surface area contributed by atoms with E-state index in [1.807, 2.05) is 20.8 Å². The van der Waals surface area contributed by atoms with E-state index in [9.17, 15) is 18.0 Å². The Kier molecular flexibility index (Phi) is 11.6. The lowest BCUT2D eigenvalue weighted by molar-refractivity contribution is -0.140. The molecule has 1 saturated carbocycles. The van der Waals surface area contributed by atoms with Gasteiger partial charge < -0.3 is 15.0 Å². The lowest BCUT2D eigenvalue weighted by Crippen LogP contribution is -2.53. The Balaban J connectivity index is 1.71. The molecule has 3 aromatic rings. The van der Waals surface area contributed by atoms with Gasteiger partial charge in [-0.3, -0.25) is 13.9 Å². The van der Waals surface area contributed by atoms with Crippen LogP contribution < -0.4 is 14.4 Å². The Bertz CT molecular complexity index is 1540. The Hall–Kier alpha value is -3.27. The number of ether oxygens (including phenoxy) is 1. The molecule has 0 bridgehead atoms. The smallest absolute Gasteiger partial charge is 0.264 e. The van der Waals surface area contributed by atoms with Crippen LogP contribution >= 0.6 is 23.2 Å². The second-order valence-electron chi connectivity index (χ2n) is 10.9. The van der Waals surface area contributed by atoms with Crippen molar-refractivity contribution in [2.75, 3.05) is 17.5 Å². The number of anilines is 1. The van der Waals surface area contributed by atoms with Crippen LogP contribution in [0.5, 0.6) is 5.75 Å². The highest BCUT2D eigenvalue weighted by Gasteiger charge is 2.34. The molecule has 1 atom stereocenters. The number of halogens is 2. The Morgan fingerprint density at radius 1 is 0.955 bits per heavy atom. The van der Waals surface area contributed by atoms with Gasteiger partial charge in [-0.1, -0.05) is 66.7 Å². The minimum absolute atomic E-state index is 0.0105. The number of carbonyl (C=O) groups excluding carboxylic acids is 2. The molecule has 3 aromatic carbocycles. The van der Waals surface area contributed by atoms with Gasteiger partial charge in [0.05, 0.1) is 27.2 Å². The van der Waals surface area contributed by atoms with E-state index in [4.69, 9.17) is 27.9 Å². The van der Waals surface area contributed by atoms with E-state index in [1.54, 1.807) is 54.6 Å². The first-order valence-corrected chi connectivity index (χ1v) is 17.1. The molecule has 1 N–H and O–H groups in total. The van der Waals surface area contributed by atoms with Gasteiger partial charge in [-0.2, -0.15) is 0 Å². The summed E-state index contributed by atoms with van der Waals surface area (Å²) in [7, 11) is -4.19. The minimum Gasteiger partial charge on any atom is -0.494 e. The average Bonchev–Trinajstić information content (AvgIpc) is 3.51. The number of amides is 2. The summed E-state index contributed by atoms with van der Waals surface area (Å²) < 4.78 is 34.8. The van der Waals surface area contributed by atoms with Crippen LogP contribution in [0.15, 0.2) is 71.6 Å². The fourth-order valence-corrected chi connectivity index (χ4v) is 7.10. The summed E-state index contributed by atoms with van der Waals surface area (Å²) >= 11 is 12.4. The minimum atomic E-state index is -4.19. The largest absolute Gasteiger partial charge is 0.494 e. The molecule has 1 aliphatic rings. The molecule has 0 aromatic heterocycles. The van der Waals surface area contributed by atoms with Crippen LogP contribution in [0.3, 0.4) is 0 Å². The first-order valence-electron chi connectivity index (χ1n) is 14.9. The van der Waals surface area contributed by atoms with E-state index >= 15 is 0 Å². The van der Waals surface area contributed by atoms with Crippen molar-refractivity contribution in [2.45, 2.75) is 76.4 Å². The number of carbonyl (C=O) groups is 2. The van der Waals surface area contributed by atoms with Crippen LogP contribution in [0.2, 0.25) is 10.0 Å². The number of rotatable bonds is 13. The third-order valence-corrected chi connectivity index (χ3v) is 10.3. The maximum atomic E-state index is 14.3. The van der Waals surface area contributed by atoms with Gasteiger partial charge in [0.1, 0.15) is 18.3 Å². The van der Waals surface area contributed by atoms with Crippen LogP contribution in [-0.2, 0) is 26.2 Å². The summed E-state index contributed by atoms with van der Waals surface area (Å²) in [6.45, 7) is 5.54. The monoisotopic (exact) mass is 659 g/mol. The molecule has 236 valence electrons. The normalized spacial score (nSPS) is 14.2. The molecule has 8 nitrogen and oxygen atoms in total. The second kappa shape index (κ2) is 15.1. The summed E-state index contributed by atoms with van der Waals surface area (Å²) in [6, 6.07) is 17.3. The van der Waals surface area contributed by atoms with Gasteiger partial charge in [-0.25, -0.2) is 8.42 Å². The summed E-state index contributed by atoms with van der Waals surface area (Å²) in [5.41, 5.74) is 1.93. The summed E-state index contributed by atoms with van der Waals surface area (Å²) in [5.74, 6) is -0.250. The highest BCUT2D eigenvalue weighted by Crippen LogP contribution is 2.28. The van der Waals surface area contributed by atoms with E-state index in [-0.39, 0.29) is 23.4 Å². The van der Waals surface area contributed by atoms with Crippen molar-refractivity contribution in [3.05, 3.63) is 87.9 Å². The third-order valence-electron chi connectivity index (χ3n) is 7.75. The van der Waals surface area contributed by atoms with Crippen LogP contribution in [0.1, 0.15) is 57.1 Å². The molecule has 4 rings (SSSR count). The van der Waals surface area contributed by atoms with Gasteiger partial charge in [0.25, 0.3) is 10.0 Å². The maximum Gasteiger partial charge on any atom is 0.264 e. The molecule has 0 unspecified atom stereocenters. The van der Waals surface area contributed by atoms with Gasteiger partial charge in [-0.05, 0) is 87.2 Å². The molecule has 0 radical (unpaired) electrons.